The van der Waals surface area contributed by atoms with Crippen molar-refractivity contribution in [2.75, 3.05) is 6.54 Å². The van der Waals surface area contributed by atoms with E-state index in [4.69, 9.17) is 4.74 Å². The Kier molecular flexibility index (Phi) is 2.86. The molecule has 3 rings (SSSR count). The molecule has 0 aromatic heterocycles. The quantitative estimate of drug-likeness (QED) is 0.686. The lowest BCUT2D eigenvalue weighted by Crippen LogP contribution is -2.56. The molecule has 3 fully saturated rings. The van der Waals surface area contributed by atoms with Crippen LogP contribution in [0.2, 0.25) is 0 Å². The molecule has 2 bridgehead atoms. The number of hydrogen-bond acceptors (Lipinski definition) is 3. The van der Waals surface area contributed by atoms with Gasteiger partial charge in [-0.05, 0) is 40.0 Å². The van der Waals surface area contributed by atoms with Crippen LogP contribution in [0.3, 0.4) is 0 Å². The van der Waals surface area contributed by atoms with Crippen LogP contribution in [0.5, 0.6) is 0 Å². The Hall–Kier alpha value is -0.770. The summed E-state index contributed by atoms with van der Waals surface area (Å²) in [6, 6.07) is 0.176. The van der Waals surface area contributed by atoms with Crippen molar-refractivity contribution < 1.29 is 14.6 Å². The van der Waals surface area contributed by atoms with E-state index in [1.165, 1.54) is 0 Å². The van der Waals surface area contributed by atoms with E-state index in [1.807, 2.05) is 20.8 Å². The lowest BCUT2D eigenvalue weighted by atomic mass is 9.78. The van der Waals surface area contributed by atoms with Crippen LogP contribution in [0.25, 0.3) is 0 Å². The van der Waals surface area contributed by atoms with Crippen LogP contribution in [-0.4, -0.2) is 40.4 Å². The summed E-state index contributed by atoms with van der Waals surface area (Å²) in [7, 11) is 0. The standard InChI is InChI=1S/C12H21NO3/c1-12(2,3)16-11(15)13-7-8-4-5-9(13)6-10(8)14/h8-10,14H,4-7H2,1-3H3/t8-,9+,10+/m1/s1. The van der Waals surface area contributed by atoms with Crippen LogP contribution in [0.1, 0.15) is 40.0 Å². The number of carbonyl (C=O) groups is 1. The molecule has 1 aliphatic carbocycles. The average Bonchev–Trinajstić information content (AvgIpc) is 2.15. The monoisotopic (exact) mass is 227 g/mol. The molecule has 0 aromatic rings. The van der Waals surface area contributed by atoms with Crippen molar-refractivity contribution in [3.05, 3.63) is 0 Å². The molecule has 3 aliphatic rings. The van der Waals surface area contributed by atoms with Gasteiger partial charge in [0.15, 0.2) is 0 Å². The third kappa shape index (κ3) is 2.32. The minimum Gasteiger partial charge on any atom is -0.444 e. The molecular weight excluding hydrogens is 206 g/mol. The lowest BCUT2D eigenvalue weighted by molar-refractivity contribution is -0.0584. The Bertz CT molecular complexity index is 284. The van der Waals surface area contributed by atoms with Gasteiger partial charge in [0.05, 0.1) is 6.10 Å². The molecule has 1 N–H and O–H groups in total. The number of fused-ring (bicyclic) bond motifs is 3. The van der Waals surface area contributed by atoms with Crippen LogP contribution in [0.15, 0.2) is 0 Å². The fourth-order valence-electron chi connectivity index (χ4n) is 2.63. The molecule has 2 saturated heterocycles. The highest BCUT2D eigenvalue weighted by Crippen LogP contribution is 2.35. The van der Waals surface area contributed by atoms with Crippen molar-refractivity contribution in [3.63, 3.8) is 0 Å². The molecule has 0 unspecified atom stereocenters. The van der Waals surface area contributed by atoms with Crippen molar-refractivity contribution in [2.45, 2.75) is 57.8 Å². The zero-order valence-corrected chi connectivity index (χ0v) is 10.3. The van der Waals surface area contributed by atoms with Crippen molar-refractivity contribution in [2.24, 2.45) is 5.92 Å². The van der Waals surface area contributed by atoms with Crippen LogP contribution >= 0.6 is 0 Å². The van der Waals surface area contributed by atoms with Crippen molar-refractivity contribution >= 4 is 6.09 Å². The minimum atomic E-state index is -0.438. The summed E-state index contributed by atoms with van der Waals surface area (Å²) in [5, 5.41) is 9.75. The van der Waals surface area contributed by atoms with E-state index in [0.29, 0.717) is 13.0 Å². The predicted octanol–water partition coefficient (Wildman–Crippen LogP) is 1.77. The smallest absolute Gasteiger partial charge is 0.410 e. The van der Waals surface area contributed by atoms with Gasteiger partial charge < -0.3 is 14.7 Å². The Labute approximate surface area is 96.6 Å². The van der Waals surface area contributed by atoms with Gasteiger partial charge in [0.25, 0.3) is 0 Å². The van der Waals surface area contributed by atoms with E-state index in [2.05, 4.69) is 0 Å². The van der Waals surface area contributed by atoms with Gasteiger partial charge in [0.1, 0.15) is 5.60 Å². The number of aliphatic hydroxyl groups is 1. The van der Waals surface area contributed by atoms with Crippen LogP contribution in [0, 0.1) is 5.92 Å². The normalized spacial score (nSPS) is 34.0. The van der Waals surface area contributed by atoms with Gasteiger partial charge >= 0.3 is 6.09 Å². The number of hydrogen-bond donors (Lipinski definition) is 1. The molecule has 1 saturated carbocycles. The number of aliphatic hydroxyl groups excluding tert-OH is 1. The lowest BCUT2D eigenvalue weighted by Gasteiger charge is -2.47. The zero-order chi connectivity index (χ0) is 11.9. The molecule has 92 valence electrons. The van der Waals surface area contributed by atoms with Gasteiger partial charge in [-0.1, -0.05) is 0 Å². The van der Waals surface area contributed by atoms with Crippen molar-refractivity contribution in [1.29, 1.82) is 0 Å². The molecule has 1 amide bonds. The summed E-state index contributed by atoms with van der Waals surface area (Å²) in [5.41, 5.74) is -0.438. The maximum atomic E-state index is 11.9. The topological polar surface area (TPSA) is 49.8 Å². The van der Waals surface area contributed by atoms with E-state index < -0.39 is 5.60 Å². The first kappa shape index (κ1) is 11.7. The van der Waals surface area contributed by atoms with Crippen molar-refractivity contribution in [1.82, 2.24) is 4.90 Å². The highest BCUT2D eigenvalue weighted by molar-refractivity contribution is 5.69. The van der Waals surface area contributed by atoms with E-state index in [-0.39, 0.29) is 24.2 Å². The zero-order valence-electron chi connectivity index (χ0n) is 10.3. The molecule has 3 atom stereocenters. The number of rotatable bonds is 0. The highest BCUT2D eigenvalue weighted by atomic mass is 16.6. The number of piperidine rings is 2. The SMILES string of the molecule is CC(C)(C)OC(=O)N1C[C@H]2CC[C@H]1C[C@@H]2O. The summed E-state index contributed by atoms with van der Waals surface area (Å²) < 4.78 is 5.37. The van der Waals surface area contributed by atoms with E-state index in [1.54, 1.807) is 4.90 Å². The van der Waals surface area contributed by atoms with E-state index >= 15 is 0 Å². The first-order valence-corrected chi connectivity index (χ1v) is 6.04. The largest absolute Gasteiger partial charge is 0.444 e. The van der Waals surface area contributed by atoms with Gasteiger partial charge in [-0.25, -0.2) is 4.79 Å². The van der Waals surface area contributed by atoms with Gasteiger partial charge in [-0.3, -0.25) is 0 Å². The first-order valence-electron chi connectivity index (χ1n) is 6.04. The molecule has 2 heterocycles. The first-order chi connectivity index (χ1) is 7.37. The molecular formula is C12H21NO3. The summed E-state index contributed by atoms with van der Waals surface area (Å²) in [4.78, 5) is 13.7. The Morgan fingerprint density at radius 3 is 2.50 bits per heavy atom. The predicted molar refractivity (Wildman–Crippen MR) is 60.1 cm³/mol. The fraction of sp³-hybridized carbons (Fsp3) is 0.917. The third-order valence-electron chi connectivity index (χ3n) is 3.43. The average molecular weight is 227 g/mol. The minimum absolute atomic E-state index is 0.176. The molecule has 0 radical (unpaired) electrons. The summed E-state index contributed by atoms with van der Waals surface area (Å²) >= 11 is 0. The van der Waals surface area contributed by atoms with Crippen LogP contribution < -0.4 is 0 Å². The number of carbonyl (C=O) groups excluding carboxylic acids is 1. The Morgan fingerprint density at radius 2 is 2.06 bits per heavy atom. The van der Waals surface area contributed by atoms with E-state index in [0.717, 1.165) is 12.8 Å². The summed E-state index contributed by atoms with van der Waals surface area (Å²) in [6.07, 6.45) is 2.29. The molecule has 4 nitrogen and oxygen atoms in total. The highest BCUT2D eigenvalue weighted by Gasteiger charge is 2.42. The number of ether oxygens (including phenoxy) is 1. The summed E-state index contributed by atoms with van der Waals surface area (Å²) in [5.74, 6) is 0.248. The molecule has 0 spiro atoms. The second kappa shape index (κ2) is 3.91. The fourth-order valence-corrected chi connectivity index (χ4v) is 2.63. The maximum Gasteiger partial charge on any atom is 0.410 e. The second-order valence-electron chi connectivity index (χ2n) is 5.93. The van der Waals surface area contributed by atoms with E-state index in [9.17, 15) is 9.90 Å². The third-order valence-corrected chi connectivity index (χ3v) is 3.43. The van der Waals surface area contributed by atoms with Gasteiger partial charge in [0, 0.05) is 18.5 Å². The molecule has 0 aromatic carbocycles. The number of amides is 1. The second-order valence-corrected chi connectivity index (χ2v) is 5.93. The molecule has 4 heteroatoms. The van der Waals surface area contributed by atoms with Crippen LogP contribution in [0.4, 0.5) is 4.79 Å². The van der Waals surface area contributed by atoms with Gasteiger partial charge in [-0.2, -0.15) is 0 Å². The van der Waals surface area contributed by atoms with Gasteiger partial charge in [0.2, 0.25) is 0 Å². The van der Waals surface area contributed by atoms with Gasteiger partial charge in [-0.15, -0.1) is 0 Å². The molecule has 2 aliphatic heterocycles. The summed E-state index contributed by atoms with van der Waals surface area (Å²) in [6.45, 7) is 6.28. The maximum absolute atomic E-state index is 11.9. The molecule has 16 heavy (non-hydrogen) atoms. The van der Waals surface area contributed by atoms with Crippen LogP contribution in [-0.2, 0) is 4.74 Å². The number of nitrogens with zero attached hydrogens (tertiary/aromatic N) is 1. The Morgan fingerprint density at radius 1 is 1.38 bits per heavy atom. The van der Waals surface area contributed by atoms with Crippen molar-refractivity contribution in [3.8, 4) is 0 Å². The Balaban J connectivity index is 1.99.